The normalized spacial score (nSPS) is 38.2. The lowest BCUT2D eigenvalue weighted by Crippen LogP contribution is -2.24. The predicted octanol–water partition coefficient (Wildman–Crippen LogP) is 1.15. The first-order chi connectivity index (χ1) is 4.48. The zero-order chi connectivity index (χ0) is 7.94. The Balaban J connectivity index is 2.56. The average molecular weight is 141 g/mol. The largest absolute Gasteiger partial charge is 0.369 e. The van der Waals surface area contributed by atoms with Crippen molar-refractivity contribution in [1.29, 1.82) is 0 Å². The highest BCUT2D eigenvalue weighted by atomic mass is 16.1. The monoisotopic (exact) mass is 141 g/mol. The highest BCUT2D eigenvalue weighted by molar-refractivity contribution is 5.83. The van der Waals surface area contributed by atoms with Gasteiger partial charge in [0.25, 0.3) is 0 Å². The molecule has 0 radical (unpaired) electrons. The van der Waals surface area contributed by atoms with E-state index in [-0.39, 0.29) is 11.3 Å². The molecule has 1 saturated carbocycles. The summed E-state index contributed by atoms with van der Waals surface area (Å²) in [6.07, 6.45) is 0.986. The third kappa shape index (κ3) is 0.917. The molecule has 1 aliphatic carbocycles. The van der Waals surface area contributed by atoms with Gasteiger partial charge in [-0.3, -0.25) is 4.79 Å². The summed E-state index contributed by atoms with van der Waals surface area (Å²) in [5.41, 5.74) is 5.05. The average Bonchev–Trinajstić information content (AvgIpc) is 2.43. The molecule has 0 heterocycles. The third-order valence-electron chi connectivity index (χ3n) is 2.67. The Morgan fingerprint density at radius 2 is 2.20 bits per heavy atom. The molecule has 2 atom stereocenters. The fourth-order valence-electron chi connectivity index (χ4n) is 1.65. The summed E-state index contributed by atoms with van der Waals surface area (Å²) >= 11 is 0. The van der Waals surface area contributed by atoms with E-state index >= 15 is 0 Å². The van der Waals surface area contributed by atoms with E-state index in [2.05, 4.69) is 13.8 Å². The van der Waals surface area contributed by atoms with E-state index in [0.29, 0.717) is 11.8 Å². The molecule has 0 saturated heterocycles. The van der Waals surface area contributed by atoms with E-state index < -0.39 is 0 Å². The molecule has 0 aliphatic heterocycles. The lowest BCUT2D eigenvalue weighted by atomic mass is 9.99. The number of amides is 1. The van der Waals surface area contributed by atoms with Crippen molar-refractivity contribution in [2.45, 2.75) is 27.2 Å². The lowest BCUT2D eigenvalue weighted by molar-refractivity contribution is -0.123. The van der Waals surface area contributed by atoms with E-state index in [0.717, 1.165) is 6.42 Å². The number of primary amides is 1. The molecule has 2 N–H and O–H groups in total. The highest BCUT2D eigenvalue weighted by Crippen LogP contribution is 2.55. The van der Waals surface area contributed by atoms with Crippen LogP contribution >= 0.6 is 0 Å². The van der Waals surface area contributed by atoms with E-state index in [9.17, 15) is 4.79 Å². The van der Waals surface area contributed by atoms with Crippen LogP contribution in [0.15, 0.2) is 0 Å². The first kappa shape index (κ1) is 7.58. The fraction of sp³-hybridized carbons (Fsp3) is 0.875. The molecule has 0 spiro atoms. The third-order valence-corrected chi connectivity index (χ3v) is 2.67. The number of carbonyl (C=O) groups excluding carboxylic acids is 1. The minimum Gasteiger partial charge on any atom is -0.369 e. The van der Waals surface area contributed by atoms with Crippen LogP contribution in [-0.2, 0) is 4.79 Å². The van der Waals surface area contributed by atoms with Crippen LogP contribution in [0.25, 0.3) is 0 Å². The van der Waals surface area contributed by atoms with Crippen molar-refractivity contribution in [2.24, 2.45) is 23.0 Å². The zero-order valence-corrected chi connectivity index (χ0v) is 6.85. The van der Waals surface area contributed by atoms with Crippen LogP contribution in [0.4, 0.5) is 0 Å². The van der Waals surface area contributed by atoms with Gasteiger partial charge in [0, 0.05) is 5.41 Å². The molecular weight excluding hydrogens is 126 g/mol. The molecule has 1 unspecified atom stereocenters. The highest BCUT2D eigenvalue weighted by Gasteiger charge is 2.55. The number of rotatable bonds is 2. The van der Waals surface area contributed by atoms with Gasteiger partial charge in [-0.2, -0.15) is 0 Å². The van der Waals surface area contributed by atoms with E-state index in [1.165, 1.54) is 0 Å². The van der Waals surface area contributed by atoms with Crippen LogP contribution in [0.3, 0.4) is 0 Å². The topological polar surface area (TPSA) is 43.1 Å². The Morgan fingerprint density at radius 1 is 1.70 bits per heavy atom. The summed E-state index contributed by atoms with van der Waals surface area (Å²) in [6, 6.07) is 0. The molecule has 1 fully saturated rings. The Bertz CT molecular complexity index is 165. The van der Waals surface area contributed by atoms with Gasteiger partial charge >= 0.3 is 0 Å². The van der Waals surface area contributed by atoms with Gasteiger partial charge in [0.15, 0.2) is 0 Å². The zero-order valence-electron chi connectivity index (χ0n) is 6.85. The van der Waals surface area contributed by atoms with Gasteiger partial charge in [-0.25, -0.2) is 0 Å². The van der Waals surface area contributed by atoms with Crippen LogP contribution < -0.4 is 5.73 Å². The van der Waals surface area contributed by atoms with Crippen LogP contribution in [-0.4, -0.2) is 5.91 Å². The second-order valence-corrected chi connectivity index (χ2v) is 3.84. The Kier molecular flexibility index (Phi) is 1.50. The van der Waals surface area contributed by atoms with Gasteiger partial charge < -0.3 is 5.73 Å². The summed E-state index contributed by atoms with van der Waals surface area (Å²) in [4.78, 5) is 10.8. The van der Waals surface area contributed by atoms with Crippen LogP contribution in [0, 0.1) is 17.3 Å². The van der Waals surface area contributed by atoms with Crippen molar-refractivity contribution in [3.05, 3.63) is 0 Å². The van der Waals surface area contributed by atoms with Crippen molar-refractivity contribution in [1.82, 2.24) is 0 Å². The van der Waals surface area contributed by atoms with Crippen molar-refractivity contribution < 1.29 is 4.79 Å². The first-order valence-electron chi connectivity index (χ1n) is 3.78. The molecular formula is C8H15NO. The Hall–Kier alpha value is -0.530. The molecule has 0 aromatic rings. The van der Waals surface area contributed by atoms with Crippen molar-refractivity contribution in [2.75, 3.05) is 0 Å². The second kappa shape index (κ2) is 1.97. The molecule has 1 rings (SSSR count). The van der Waals surface area contributed by atoms with Crippen LogP contribution in [0.1, 0.15) is 27.2 Å². The predicted molar refractivity (Wildman–Crippen MR) is 40.2 cm³/mol. The molecule has 2 heteroatoms. The maximum atomic E-state index is 10.8. The van der Waals surface area contributed by atoms with E-state index in [1.54, 1.807) is 0 Å². The van der Waals surface area contributed by atoms with E-state index in [1.807, 2.05) is 6.92 Å². The number of nitrogens with two attached hydrogens (primary N) is 1. The lowest BCUT2D eigenvalue weighted by Gasteiger charge is -2.07. The van der Waals surface area contributed by atoms with Crippen LogP contribution in [0.5, 0.6) is 0 Å². The Labute approximate surface area is 61.8 Å². The molecule has 2 nitrogen and oxygen atoms in total. The minimum atomic E-state index is -0.172. The van der Waals surface area contributed by atoms with Gasteiger partial charge in [0.1, 0.15) is 0 Å². The summed E-state index contributed by atoms with van der Waals surface area (Å²) in [6.45, 7) is 6.23. The molecule has 1 amide bonds. The van der Waals surface area contributed by atoms with Crippen molar-refractivity contribution in [3.63, 3.8) is 0 Å². The standard InChI is InChI=1S/C8H15NO/c1-5(2)6-4-8(6,3)7(9)10/h5-6H,4H2,1-3H3,(H2,9,10)/t6-,8?/m1/s1. The first-order valence-corrected chi connectivity index (χ1v) is 3.78. The SMILES string of the molecule is CC(C)[C@H]1CC1(C)C(N)=O. The number of carbonyl (C=O) groups is 1. The second-order valence-electron chi connectivity index (χ2n) is 3.84. The fourth-order valence-corrected chi connectivity index (χ4v) is 1.65. The summed E-state index contributed by atoms with van der Waals surface area (Å²) in [7, 11) is 0. The van der Waals surface area contributed by atoms with Gasteiger partial charge in [0.2, 0.25) is 5.91 Å². The Morgan fingerprint density at radius 3 is 2.30 bits per heavy atom. The maximum absolute atomic E-state index is 10.8. The van der Waals surface area contributed by atoms with Crippen molar-refractivity contribution in [3.8, 4) is 0 Å². The summed E-state index contributed by atoms with van der Waals surface area (Å²) in [5.74, 6) is 0.994. The van der Waals surface area contributed by atoms with Crippen LogP contribution in [0.2, 0.25) is 0 Å². The van der Waals surface area contributed by atoms with Gasteiger partial charge in [-0.05, 0) is 18.3 Å². The maximum Gasteiger partial charge on any atom is 0.223 e. The molecule has 0 aromatic heterocycles. The number of hydrogen-bond acceptors (Lipinski definition) is 1. The minimum absolute atomic E-state index is 0.133. The quantitative estimate of drug-likeness (QED) is 0.616. The van der Waals surface area contributed by atoms with Gasteiger partial charge in [0.05, 0.1) is 0 Å². The molecule has 0 bridgehead atoms. The van der Waals surface area contributed by atoms with Crippen molar-refractivity contribution >= 4 is 5.91 Å². The summed E-state index contributed by atoms with van der Waals surface area (Å²) in [5, 5.41) is 0. The molecule has 58 valence electrons. The smallest absolute Gasteiger partial charge is 0.223 e. The van der Waals surface area contributed by atoms with E-state index in [4.69, 9.17) is 5.73 Å². The number of hydrogen-bond donors (Lipinski definition) is 1. The van der Waals surface area contributed by atoms with Gasteiger partial charge in [-0.1, -0.05) is 20.8 Å². The molecule has 10 heavy (non-hydrogen) atoms. The van der Waals surface area contributed by atoms with Gasteiger partial charge in [-0.15, -0.1) is 0 Å². The molecule has 0 aromatic carbocycles. The molecule has 1 aliphatic rings. The summed E-state index contributed by atoms with van der Waals surface area (Å²) < 4.78 is 0.